The van der Waals surface area contributed by atoms with Gasteiger partial charge in [-0.2, -0.15) is 10.5 Å². The summed E-state index contributed by atoms with van der Waals surface area (Å²) in [5.41, 5.74) is 0.887. The Kier molecular flexibility index (Phi) is 4.09. The monoisotopic (exact) mass is 300 g/mol. The lowest BCUT2D eigenvalue weighted by molar-refractivity contribution is 0.610. The number of nitrogens with zero attached hydrogens (tertiary/aromatic N) is 2. The highest BCUT2D eigenvalue weighted by Crippen LogP contribution is 2.30. The predicted molar refractivity (Wildman–Crippen MR) is 75.4 cm³/mol. The summed E-state index contributed by atoms with van der Waals surface area (Å²) in [6.07, 6.45) is 0. The van der Waals surface area contributed by atoms with Gasteiger partial charge < -0.3 is 0 Å². The molecule has 0 spiro atoms. The first-order valence-corrected chi connectivity index (χ1v) is 8.31. The van der Waals surface area contributed by atoms with E-state index in [9.17, 15) is 8.42 Å². The van der Waals surface area contributed by atoms with Crippen LogP contribution in [0.4, 0.5) is 0 Å². The number of rotatable bonds is 3. The van der Waals surface area contributed by atoms with Crippen molar-refractivity contribution in [3.05, 3.63) is 59.7 Å². The van der Waals surface area contributed by atoms with Crippen molar-refractivity contribution in [1.29, 1.82) is 10.5 Å². The van der Waals surface area contributed by atoms with Crippen molar-refractivity contribution in [2.75, 3.05) is 0 Å². The van der Waals surface area contributed by atoms with Gasteiger partial charge in [-0.05, 0) is 48.5 Å². The molecule has 6 heteroatoms. The predicted octanol–water partition coefficient (Wildman–Crippen LogP) is 2.91. The van der Waals surface area contributed by atoms with Crippen LogP contribution >= 0.6 is 10.8 Å². The molecule has 98 valence electrons. The van der Waals surface area contributed by atoms with Crippen LogP contribution in [-0.2, 0) is 8.87 Å². The van der Waals surface area contributed by atoms with Crippen LogP contribution in [0.3, 0.4) is 0 Å². The van der Waals surface area contributed by atoms with Crippen molar-refractivity contribution in [3.8, 4) is 12.1 Å². The van der Waals surface area contributed by atoms with Crippen LogP contribution in [0.15, 0.2) is 58.3 Å². The Morgan fingerprint density at radius 2 is 1.25 bits per heavy atom. The summed E-state index contributed by atoms with van der Waals surface area (Å²) in [5.74, 6) is 0. The molecule has 0 amide bonds. The molecule has 2 aromatic rings. The molecule has 0 unspecified atom stereocenters. The lowest BCUT2D eigenvalue weighted by atomic mass is 10.2. The maximum Gasteiger partial charge on any atom is 0.234 e. The van der Waals surface area contributed by atoms with Gasteiger partial charge >= 0.3 is 0 Å². The second-order valence-corrected chi connectivity index (χ2v) is 7.64. The molecule has 2 aromatic carbocycles. The third kappa shape index (κ3) is 3.18. The van der Waals surface area contributed by atoms with Crippen LogP contribution in [0.2, 0.25) is 0 Å². The van der Waals surface area contributed by atoms with Crippen molar-refractivity contribution in [2.45, 2.75) is 9.79 Å². The normalized spacial score (nSPS) is 10.5. The summed E-state index contributed by atoms with van der Waals surface area (Å²) in [7, 11) is -2.82. The van der Waals surface area contributed by atoms with E-state index in [4.69, 9.17) is 10.5 Å². The summed E-state index contributed by atoms with van der Waals surface area (Å²) in [6.45, 7) is 0. The van der Waals surface area contributed by atoms with Gasteiger partial charge in [-0.3, -0.25) is 0 Å². The van der Waals surface area contributed by atoms with Gasteiger partial charge in [0, 0.05) is 15.7 Å². The van der Waals surface area contributed by atoms with Crippen LogP contribution in [-0.4, -0.2) is 8.42 Å². The summed E-state index contributed by atoms with van der Waals surface area (Å²) in [6, 6.07) is 16.0. The van der Waals surface area contributed by atoms with Crippen LogP contribution < -0.4 is 0 Å². The fourth-order valence-corrected chi connectivity index (χ4v) is 4.24. The van der Waals surface area contributed by atoms with E-state index >= 15 is 0 Å². The molecule has 0 radical (unpaired) electrons. The first-order valence-electron chi connectivity index (χ1n) is 5.50. The Labute approximate surface area is 120 Å². The Bertz CT molecular complexity index is 796. The van der Waals surface area contributed by atoms with E-state index in [1.54, 1.807) is 24.3 Å². The fourth-order valence-electron chi connectivity index (χ4n) is 1.46. The number of nitriles is 2. The molecule has 0 aliphatic rings. The maximum atomic E-state index is 12.2. The third-order valence-corrected chi connectivity index (χ3v) is 5.81. The van der Waals surface area contributed by atoms with Gasteiger partial charge in [-0.25, -0.2) is 8.42 Å². The first-order chi connectivity index (χ1) is 9.55. The van der Waals surface area contributed by atoms with Gasteiger partial charge in [0.2, 0.25) is 8.87 Å². The molecule has 0 bridgehead atoms. The zero-order chi connectivity index (χ0) is 14.6. The van der Waals surface area contributed by atoms with Crippen molar-refractivity contribution in [3.63, 3.8) is 0 Å². The third-order valence-electron chi connectivity index (χ3n) is 2.46. The molecule has 0 aliphatic heterocycles. The van der Waals surface area contributed by atoms with Crippen LogP contribution in [0.25, 0.3) is 0 Å². The molecule has 4 nitrogen and oxygen atoms in total. The quantitative estimate of drug-likeness (QED) is 0.814. The molecule has 0 atom stereocenters. The average molecular weight is 300 g/mol. The zero-order valence-corrected chi connectivity index (χ0v) is 11.8. The largest absolute Gasteiger partial charge is 0.234 e. The minimum Gasteiger partial charge on any atom is -0.212 e. The van der Waals surface area contributed by atoms with Crippen LogP contribution in [0.1, 0.15) is 11.1 Å². The summed E-state index contributed by atoms with van der Waals surface area (Å²) < 4.78 is 24.3. The van der Waals surface area contributed by atoms with Gasteiger partial charge in [0.05, 0.1) is 28.2 Å². The lowest BCUT2D eigenvalue weighted by Crippen LogP contribution is -1.95. The van der Waals surface area contributed by atoms with Crippen molar-refractivity contribution in [1.82, 2.24) is 0 Å². The van der Waals surface area contributed by atoms with Gasteiger partial charge in [0.1, 0.15) is 0 Å². The lowest BCUT2D eigenvalue weighted by Gasteiger charge is -2.04. The summed E-state index contributed by atoms with van der Waals surface area (Å²) in [5, 5.41) is 17.4. The highest BCUT2D eigenvalue weighted by Gasteiger charge is 2.16. The van der Waals surface area contributed by atoms with Gasteiger partial charge in [-0.1, -0.05) is 0 Å². The first kappa shape index (κ1) is 14.1. The van der Waals surface area contributed by atoms with E-state index < -0.39 is 8.87 Å². The standard InChI is InChI=1S/C14H8N2O2S2/c15-9-11-1-5-13(6-2-11)19-20(17,18)14-7-3-12(10-16)4-8-14/h1-8H. The number of hydrogen-bond donors (Lipinski definition) is 0. The molecule has 0 aliphatic carbocycles. The van der Waals surface area contributed by atoms with E-state index in [1.165, 1.54) is 24.3 Å². The van der Waals surface area contributed by atoms with E-state index in [2.05, 4.69) is 0 Å². The molecule has 0 saturated heterocycles. The minimum atomic E-state index is -3.53. The molecule has 0 fully saturated rings. The van der Waals surface area contributed by atoms with Gasteiger partial charge in [0.25, 0.3) is 0 Å². The maximum absolute atomic E-state index is 12.2. The van der Waals surface area contributed by atoms with Crippen molar-refractivity contribution >= 4 is 19.7 Å². The molecule has 0 heterocycles. The molecule has 0 N–H and O–H groups in total. The summed E-state index contributed by atoms with van der Waals surface area (Å²) in [4.78, 5) is 0.680. The van der Waals surface area contributed by atoms with E-state index in [0.29, 0.717) is 26.8 Å². The Hall–Kier alpha value is -2.28. The van der Waals surface area contributed by atoms with Gasteiger partial charge in [-0.15, -0.1) is 0 Å². The van der Waals surface area contributed by atoms with E-state index in [0.717, 1.165) is 0 Å². The van der Waals surface area contributed by atoms with Crippen LogP contribution in [0.5, 0.6) is 0 Å². The number of benzene rings is 2. The second kappa shape index (κ2) is 5.79. The van der Waals surface area contributed by atoms with Gasteiger partial charge in [0.15, 0.2) is 0 Å². The SMILES string of the molecule is N#Cc1ccc(SS(=O)(=O)c2ccc(C#N)cc2)cc1. The Balaban J connectivity index is 2.26. The second-order valence-electron chi connectivity index (χ2n) is 3.81. The van der Waals surface area contributed by atoms with Crippen LogP contribution in [0, 0.1) is 22.7 Å². The smallest absolute Gasteiger partial charge is 0.212 e. The fraction of sp³-hybridized carbons (Fsp3) is 0. The Morgan fingerprint density at radius 1 is 0.800 bits per heavy atom. The topological polar surface area (TPSA) is 81.7 Å². The van der Waals surface area contributed by atoms with Crippen molar-refractivity contribution in [2.24, 2.45) is 0 Å². The molecule has 20 heavy (non-hydrogen) atoms. The summed E-state index contributed by atoms with van der Waals surface area (Å²) >= 11 is 0. The molecule has 0 saturated carbocycles. The average Bonchev–Trinajstić information content (AvgIpc) is 2.48. The molecular weight excluding hydrogens is 292 g/mol. The highest BCUT2D eigenvalue weighted by atomic mass is 33.1. The molecular formula is C14H8N2O2S2. The zero-order valence-electron chi connectivity index (χ0n) is 10.1. The minimum absolute atomic E-state index is 0.144. The Morgan fingerprint density at radius 3 is 1.70 bits per heavy atom. The van der Waals surface area contributed by atoms with Crippen molar-refractivity contribution < 1.29 is 8.42 Å². The van der Waals surface area contributed by atoms with E-state index in [1.807, 2.05) is 12.1 Å². The number of hydrogen-bond acceptors (Lipinski definition) is 5. The molecule has 2 rings (SSSR count). The van der Waals surface area contributed by atoms with E-state index in [-0.39, 0.29) is 4.90 Å². The molecule has 0 aromatic heterocycles. The highest BCUT2D eigenvalue weighted by molar-refractivity contribution is 8.72.